The molecular formula is C32H32FN5O2. The zero-order valence-electron chi connectivity index (χ0n) is 23.1. The van der Waals surface area contributed by atoms with Crippen molar-refractivity contribution < 1.29 is 9.18 Å². The highest BCUT2D eigenvalue weighted by atomic mass is 19.1. The number of benzene rings is 3. The van der Waals surface area contributed by atoms with Gasteiger partial charge in [0.15, 0.2) is 0 Å². The van der Waals surface area contributed by atoms with Crippen LogP contribution in [-0.4, -0.2) is 46.6 Å². The van der Waals surface area contributed by atoms with E-state index in [2.05, 4.69) is 28.4 Å². The quantitative estimate of drug-likeness (QED) is 0.288. The van der Waals surface area contributed by atoms with Crippen molar-refractivity contribution in [3.63, 3.8) is 0 Å². The fourth-order valence-corrected chi connectivity index (χ4v) is 5.06. The van der Waals surface area contributed by atoms with Crippen LogP contribution in [0.15, 0.2) is 77.6 Å². The summed E-state index contributed by atoms with van der Waals surface area (Å²) in [5.41, 5.74) is 4.10. The first-order chi connectivity index (χ1) is 19.2. The Morgan fingerprint density at radius 2 is 1.73 bits per heavy atom. The van der Waals surface area contributed by atoms with Gasteiger partial charge in [-0.2, -0.15) is 5.10 Å². The van der Waals surface area contributed by atoms with E-state index in [0.29, 0.717) is 36.0 Å². The second-order valence-corrected chi connectivity index (χ2v) is 10.4. The molecule has 0 saturated heterocycles. The number of nitrogens with one attached hydrogen (secondary N) is 1. The van der Waals surface area contributed by atoms with Crippen LogP contribution in [0, 0.1) is 12.7 Å². The number of aryl methyl sites for hydroxylation is 1. The predicted molar refractivity (Wildman–Crippen MR) is 157 cm³/mol. The molecule has 0 bridgehead atoms. The second kappa shape index (κ2) is 11.3. The van der Waals surface area contributed by atoms with Crippen LogP contribution < -0.4 is 10.5 Å². The van der Waals surface area contributed by atoms with Gasteiger partial charge in [0.1, 0.15) is 11.6 Å². The summed E-state index contributed by atoms with van der Waals surface area (Å²) in [5, 5.41) is 8.99. The molecule has 1 unspecified atom stereocenters. The molecule has 204 valence electrons. The van der Waals surface area contributed by atoms with Gasteiger partial charge in [-0.3, -0.25) is 9.59 Å². The van der Waals surface area contributed by atoms with Gasteiger partial charge in [-0.05, 0) is 61.7 Å². The van der Waals surface area contributed by atoms with Crippen LogP contribution in [-0.2, 0) is 17.8 Å². The minimum atomic E-state index is -0.617. The van der Waals surface area contributed by atoms with Gasteiger partial charge in [0, 0.05) is 43.5 Å². The fourth-order valence-electron chi connectivity index (χ4n) is 5.06. The Labute approximate surface area is 232 Å². The highest BCUT2D eigenvalue weighted by Gasteiger charge is 2.27. The smallest absolute Gasteiger partial charge is 0.272 e. The van der Waals surface area contributed by atoms with Crippen molar-refractivity contribution >= 4 is 33.4 Å². The third-order valence-electron chi connectivity index (χ3n) is 7.22. The van der Waals surface area contributed by atoms with E-state index in [4.69, 9.17) is 4.98 Å². The van der Waals surface area contributed by atoms with E-state index >= 15 is 0 Å². The summed E-state index contributed by atoms with van der Waals surface area (Å²) < 4.78 is 13.5. The summed E-state index contributed by atoms with van der Waals surface area (Å²) in [6.45, 7) is 4.59. The summed E-state index contributed by atoms with van der Waals surface area (Å²) >= 11 is 0. The molecule has 8 heteroatoms. The van der Waals surface area contributed by atoms with Gasteiger partial charge in [0.2, 0.25) is 5.91 Å². The molecule has 1 amide bonds. The van der Waals surface area contributed by atoms with Gasteiger partial charge < -0.3 is 9.80 Å². The van der Waals surface area contributed by atoms with Crippen LogP contribution in [0.4, 0.5) is 10.2 Å². The number of H-pyrrole nitrogens is 1. The molecule has 40 heavy (non-hydrogen) atoms. The van der Waals surface area contributed by atoms with Crippen molar-refractivity contribution in [1.29, 1.82) is 0 Å². The number of pyridine rings is 1. The lowest BCUT2D eigenvalue weighted by Crippen LogP contribution is -2.36. The Morgan fingerprint density at radius 3 is 2.45 bits per heavy atom. The molecule has 0 aliphatic carbocycles. The maximum absolute atomic E-state index is 14.1. The molecule has 0 radical (unpaired) electrons. The molecule has 1 atom stereocenters. The normalized spacial score (nSPS) is 12.0. The summed E-state index contributed by atoms with van der Waals surface area (Å²) in [5.74, 6) is -0.248. The zero-order valence-corrected chi connectivity index (χ0v) is 23.1. The molecule has 0 fully saturated rings. The number of carbonyl (C=O) groups excluding carboxylic acids is 1. The monoisotopic (exact) mass is 537 g/mol. The summed E-state index contributed by atoms with van der Waals surface area (Å²) in [6, 6.07) is 21.8. The second-order valence-electron chi connectivity index (χ2n) is 10.4. The molecule has 0 saturated carbocycles. The molecule has 5 rings (SSSR count). The van der Waals surface area contributed by atoms with Crippen molar-refractivity contribution in [1.82, 2.24) is 20.1 Å². The standard InChI is InChI=1S/C32H32FN5O2/c1-20-9-12-23-18-24(30(37(3)4)34-28(23)17-20)19-38(16-15-22-10-13-25(33)14-11-22)32(40)21(2)29-26-7-5-6-8-27(26)31(39)36-35-29/h5-14,17-18,21H,15-16,19H2,1-4H3,(H,36,39). The predicted octanol–water partition coefficient (Wildman–Crippen LogP) is 5.36. The maximum atomic E-state index is 14.1. The topological polar surface area (TPSA) is 82.2 Å². The minimum absolute atomic E-state index is 0.125. The van der Waals surface area contributed by atoms with Crippen molar-refractivity contribution in [2.24, 2.45) is 0 Å². The van der Waals surface area contributed by atoms with Crippen LogP contribution in [0.3, 0.4) is 0 Å². The molecule has 0 aliphatic heterocycles. The zero-order chi connectivity index (χ0) is 28.4. The Kier molecular flexibility index (Phi) is 7.60. The van der Waals surface area contributed by atoms with Gasteiger partial charge in [-0.1, -0.05) is 42.5 Å². The number of fused-ring (bicyclic) bond motifs is 2. The largest absolute Gasteiger partial charge is 0.362 e. The fraction of sp³-hybridized carbons (Fsp3) is 0.250. The van der Waals surface area contributed by atoms with E-state index in [0.717, 1.165) is 33.4 Å². The Hall–Kier alpha value is -4.59. The third kappa shape index (κ3) is 5.57. The number of aromatic nitrogens is 3. The van der Waals surface area contributed by atoms with E-state index in [1.54, 1.807) is 29.2 Å². The number of amides is 1. The number of carbonyl (C=O) groups is 1. The molecule has 3 aromatic carbocycles. The average Bonchev–Trinajstić information content (AvgIpc) is 2.95. The van der Waals surface area contributed by atoms with E-state index in [-0.39, 0.29) is 17.3 Å². The van der Waals surface area contributed by atoms with Crippen LogP contribution in [0.2, 0.25) is 0 Å². The lowest BCUT2D eigenvalue weighted by molar-refractivity contribution is -0.133. The van der Waals surface area contributed by atoms with E-state index in [1.165, 1.54) is 12.1 Å². The number of hydrogen-bond acceptors (Lipinski definition) is 5. The van der Waals surface area contributed by atoms with Crippen LogP contribution in [0.25, 0.3) is 21.7 Å². The van der Waals surface area contributed by atoms with Crippen molar-refractivity contribution in [2.75, 3.05) is 25.5 Å². The van der Waals surface area contributed by atoms with Gasteiger partial charge >= 0.3 is 0 Å². The summed E-state index contributed by atoms with van der Waals surface area (Å²) in [4.78, 5) is 35.2. The first kappa shape index (κ1) is 27.0. The summed E-state index contributed by atoms with van der Waals surface area (Å²) in [6.07, 6.45) is 0.552. The van der Waals surface area contributed by atoms with Gasteiger partial charge in [0.05, 0.1) is 22.5 Å². The summed E-state index contributed by atoms with van der Waals surface area (Å²) in [7, 11) is 3.88. The van der Waals surface area contributed by atoms with E-state index < -0.39 is 5.92 Å². The molecule has 0 spiro atoms. The van der Waals surface area contributed by atoms with Crippen molar-refractivity contribution in [3.8, 4) is 0 Å². The minimum Gasteiger partial charge on any atom is -0.362 e. The SMILES string of the molecule is Cc1ccc2cc(CN(CCc3ccc(F)cc3)C(=O)C(C)c3n[nH]c(=O)c4ccccc34)c(N(C)C)nc2c1. The average molecular weight is 538 g/mol. The number of rotatable bonds is 8. The lowest BCUT2D eigenvalue weighted by Gasteiger charge is -2.28. The first-order valence-electron chi connectivity index (χ1n) is 13.3. The Morgan fingerprint density at radius 1 is 1.00 bits per heavy atom. The van der Waals surface area contributed by atoms with Crippen molar-refractivity contribution in [2.45, 2.75) is 32.7 Å². The Balaban J connectivity index is 1.53. The number of halogens is 1. The molecule has 2 heterocycles. The maximum Gasteiger partial charge on any atom is 0.272 e. The van der Waals surface area contributed by atoms with Crippen molar-refractivity contribution in [3.05, 3.63) is 111 Å². The molecule has 0 aliphatic rings. The molecule has 1 N–H and O–H groups in total. The number of hydrogen-bond donors (Lipinski definition) is 1. The highest BCUT2D eigenvalue weighted by Crippen LogP contribution is 2.28. The molecular weight excluding hydrogens is 505 g/mol. The van der Waals surface area contributed by atoms with E-state index in [1.807, 2.05) is 51.0 Å². The number of nitrogens with zero attached hydrogens (tertiary/aromatic N) is 4. The highest BCUT2D eigenvalue weighted by molar-refractivity contribution is 5.91. The molecule has 7 nitrogen and oxygen atoms in total. The van der Waals surface area contributed by atoms with Gasteiger partial charge in [-0.25, -0.2) is 14.5 Å². The Bertz CT molecular complexity index is 1750. The number of anilines is 1. The third-order valence-corrected chi connectivity index (χ3v) is 7.22. The molecule has 5 aromatic rings. The van der Waals surface area contributed by atoms with Crippen LogP contribution >= 0.6 is 0 Å². The van der Waals surface area contributed by atoms with Gasteiger partial charge in [0.25, 0.3) is 5.56 Å². The lowest BCUT2D eigenvalue weighted by atomic mass is 9.99. The number of aromatic amines is 1. The first-order valence-corrected chi connectivity index (χ1v) is 13.3. The van der Waals surface area contributed by atoms with Gasteiger partial charge in [-0.15, -0.1) is 0 Å². The van der Waals surface area contributed by atoms with Crippen LogP contribution in [0.1, 0.15) is 35.2 Å². The van der Waals surface area contributed by atoms with E-state index in [9.17, 15) is 14.0 Å². The van der Waals surface area contributed by atoms with Crippen LogP contribution in [0.5, 0.6) is 0 Å². The molecule has 2 aromatic heterocycles.